The molecule has 0 aliphatic heterocycles. The van der Waals surface area contributed by atoms with Gasteiger partial charge in [0.15, 0.2) is 0 Å². The first kappa shape index (κ1) is 35.3. The molecule has 0 bridgehead atoms. The van der Waals surface area contributed by atoms with Crippen LogP contribution in [0.5, 0.6) is 5.75 Å². The molecule has 0 saturated heterocycles. The van der Waals surface area contributed by atoms with Crippen LogP contribution in [0.3, 0.4) is 0 Å². The lowest BCUT2D eigenvalue weighted by Crippen LogP contribution is -2.47. The van der Waals surface area contributed by atoms with Gasteiger partial charge in [-0.2, -0.15) is 13.2 Å². The van der Waals surface area contributed by atoms with Crippen LogP contribution in [0, 0.1) is 0 Å². The normalized spacial score (nSPS) is 16.8. The maximum Gasteiger partial charge on any atom is 0.482 e. The van der Waals surface area contributed by atoms with Crippen molar-refractivity contribution >= 4 is 50.7 Å². The van der Waals surface area contributed by atoms with Gasteiger partial charge in [-0.3, -0.25) is 10.1 Å². The van der Waals surface area contributed by atoms with Crippen molar-refractivity contribution in [3.63, 3.8) is 0 Å². The molecule has 1 heterocycles. The maximum absolute atomic E-state index is 14.5. The van der Waals surface area contributed by atoms with Gasteiger partial charge in [0.2, 0.25) is 0 Å². The Labute approximate surface area is 287 Å². The van der Waals surface area contributed by atoms with E-state index in [1.165, 1.54) is 28.8 Å². The van der Waals surface area contributed by atoms with Crippen molar-refractivity contribution in [3.8, 4) is 16.9 Å². The number of carbonyl (C=O) groups is 2. The van der Waals surface area contributed by atoms with E-state index in [0.29, 0.717) is 46.9 Å². The summed E-state index contributed by atoms with van der Waals surface area (Å²) in [5, 5.41) is 2.75. The van der Waals surface area contributed by atoms with Crippen LogP contribution in [0.1, 0.15) is 61.7 Å². The van der Waals surface area contributed by atoms with Crippen molar-refractivity contribution < 1.29 is 32.2 Å². The van der Waals surface area contributed by atoms with E-state index in [1.807, 2.05) is 62.1 Å². The second kappa shape index (κ2) is 14.3. The Morgan fingerprint density at radius 3 is 2.17 bits per heavy atom. The zero-order chi connectivity index (χ0) is 34.8. The van der Waals surface area contributed by atoms with E-state index in [0.717, 1.165) is 21.2 Å². The van der Waals surface area contributed by atoms with E-state index >= 15 is 0 Å². The molecule has 4 aromatic rings. The molecule has 1 aliphatic carbocycles. The number of rotatable bonds is 8. The Bertz CT molecular complexity index is 1760. The van der Waals surface area contributed by atoms with Gasteiger partial charge in [-0.05, 0) is 87.9 Å². The number of methoxy groups -OCH3 is 1. The number of ether oxygens (including phenoxy) is 2. The average molecular weight is 702 g/mol. The molecule has 3 aromatic carbocycles. The zero-order valence-corrected chi connectivity index (χ0v) is 29.1. The van der Waals surface area contributed by atoms with Crippen LogP contribution in [0.15, 0.2) is 66.7 Å². The number of carbonyl (C=O) groups excluding carboxylic acids is 2. The molecule has 1 saturated carbocycles. The predicted molar refractivity (Wildman–Crippen MR) is 185 cm³/mol. The summed E-state index contributed by atoms with van der Waals surface area (Å²) >= 11 is 8.17. The fourth-order valence-corrected chi connectivity index (χ4v) is 7.53. The second-order valence-corrected chi connectivity index (χ2v) is 14.4. The Hall–Kier alpha value is -3.96. The van der Waals surface area contributed by atoms with Crippen molar-refractivity contribution in [2.75, 3.05) is 19.5 Å². The highest BCUT2D eigenvalue weighted by Gasteiger charge is 2.35. The molecule has 0 atom stereocenters. The molecule has 12 heteroatoms. The number of anilines is 1. The number of nitrogens with one attached hydrogen (secondary N) is 1. The molecule has 1 aromatic heterocycles. The minimum Gasteiger partial charge on any atom is -0.496 e. The minimum atomic E-state index is -4.54. The maximum atomic E-state index is 14.5. The number of thiophene rings is 1. The number of hydrogen-bond donors (Lipinski definition) is 1. The smallest absolute Gasteiger partial charge is 0.482 e. The number of alkyl halides is 3. The SMILES string of the molecule is COc1ccc(-c2ccc(NC(F)(F)F)cc2)cc1CN(C(=O)c1sc2ccccc2c1Cl)C1CCC(N(C)C(=O)OC(C)(C)C)CC1. The molecule has 48 heavy (non-hydrogen) atoms. The first-order valence-corrected chi connectivity index (χ1v) is 16.9. The van der Waals surface area contributed by atoms with Crippen LogP contribution < -0.4 is 10.1 Å². The summed E-state index contributed by atoms with van der Waals surface area (Å²) in [4.78, 5) is 31.2. The van der Waals surface area contributed by atoms with Crippen molar-refractivity contribution in [1.82, 2.24) is 9.80 Å². The number of nitrogens with zero attached hydrogens (tertiary/aromatic N) is 2. The highest BCUT2D eigenvalue weighted by atomic mass is 35.5. The molecule has 2 amide bonds. The van der Waals surface area contributed by atoms with Crippen LogP contribution in [0.2, 0.25) is 5.02 Å². The third-order valence-corrected chi connectivity index (χ3v) is 10.1. The Kier molecular flexibility index (Phi) is 10.5. The average Bonchev–Trinajstić information content (AvgIpc) is 3.38. The highest BCUT2D eigenvalue weighted by Crippen LogP contribution is 2.39. The van der Waals surface area contributed by atoms with Crippen LogP contribution in [-0.2, 0) is 11.3 Å². The molecule has 1 fully saturated rings. The highest BCUT2D eigenvalue weighted by molar-refractivity contribution is 7.21. The van der Waals surface area contributed by atoms with Gasteiger partial charge in [-0.1, -0.05) is 48.0 Å². The summed E-state index contributed by atoms with van der Waals surface area (Å²) in [6.07, 6.45) is -2.24. The lowest BCUT2D eigenvalue weighted by molar-refractivity contribution is -0.0999. The van der Waals surface area contributed by atoms with Crippen LogP contribution in [0.4, 0.5) is 23.7 Å². The molecule has 1 N–H and O–H groups in total. The zero-order valence-electron chi connectivity index (χ0n) is 27.5. The standard InChI is InChI=1S/C36H39ClF3N3O4S/c1-35(2,3)47-34(45)42(4)26-15-17-27(18-16-26)43(33(44)32-31(37)28-8-6-7-9-30(28)48-32)21-24-20-23(12-19-29(24)46-5)22-10-13-25(14-11-22)41-36(38,39)40/h6-14,19-20,26-27,41H,15-18,21H2,1-5H3. The number of fused-ring (bicyclic) bond motifs is 1. The summed E-state index contributed by atoms with van der Waals surface area (Å²) in [6, 6.07) is 19.0. The monoisotopic (exact) mass is 701 g/mol. The summed E-state index contributed by atoms with van der Waals surface area (Å²) < 4.78 is 50.7. The van der Waals surface area contributed by atoms with Crippen molar-refractivity contribution in [1.29, 1.82) is 0 Å². The second-order valence-electron chi connectivity index (χ2n) is 13.0. The molecule has 256 valence electrons. The van der Waals surface area contributed by atoms with Crippen LogP contribution >= 0.6 is 22.9 Å². The summed E-state index contributed by atoms with van der Waals surface area (Å²) in [6.45, 7) is 5.72. The van der Waals surface area contributed by atoms with Gasteiger partial charge in [-0.25, -0.2) is 4.79 Å². The molecule has 7 nitrogen and oxygen atoms in total. The van der Waals surface area contributed by atoms with Crippen molar-refractivity contribution in [2.45, 2.75) is 77.0 Å². The summed E-state index contributed by atoms with van der Waals surface area (Å²) in [5.41, 5.74) is 1.54. The van der Waals surface area contributed by atoms with E-state index in [-0.39, 0.29) is 36.3 Å². The van der Waals surface area contributed by atoms with E-state index < -0.39 is 11.9 Å². The fourth-order valence-electron chi connectivity index (χ4n) is 6.06. The predicted octanol–water partition coefficient (Wildman–Crippen LogP) is 9.98. The quantitative estimate of drug-likeness (QED) is 0.185. The van der Waals surface area contributed by atoms with Crippen LogP contribution in [-0.4, -0.2) is 59.9 Å². The van der Waals surface area contributed by atoms with Gasteiger partial charge in [0, 0.05) is 47.0 Å². The fraction of sp³-hybridized carbons (Fsp3) is 0.389. The largest absolute Gasteiger partial charge is 0.496 e. The third kappa shape index (κ3) is 8.36. The molecule has 5 rings (SSSR count). The number of benzene rings is 3. The summed E-state index contributed by atoms with van der Waals surface area (Å²) in [5.74, 6) is 0.382. The van der Waals surface area contributed by atoms with E-state index in [4.69, 9.17) is 21.1 Å². The number of halogens is 4. The van der Waals surface area contributed by atoms with Gasteiger partial charge in [0.05, 0.1) is 12.1 Å². The van der Waals surface area contributed by atoms with E-state index in [2.05, 4.69) is 0 Å². The Morgan fingerprint density at radius 2 is 1.56 bits per heavy atom. The third-order valence-electron chi connectivity index (χ3n) is 8.45. The number of hydrogen-bond acceptors (Lipinski definition) is 6. The number of amides is 2. The van der Waals surface area contributed by atoms with Gasteiger partial charge in [0.25, 0.3) is 5.91 Å². The minimum absolute atomic E-state index is 0.0337. The van der Waals surface area contributed by atoms with Gasteiger partial charge < -0.3 is 19.3 Å². The molecule has 0 unspecified atom stereocenters. The lowest BCUT2D eigenvalue weighted by atomic mass is 9.89. The molecule has 0 radical (unpaired) electrons. The van der Waals surface area contributed by atoms with E-state index in [1.54, 1.807) is 37.3 Å². The van der Waals surface area contributed by atoms with Crippen LogP contribution in [0.25, 0.3) is 21.2 Å². The first-order valence-electron chi connectivity index (χ1n) is 15.7. The van der Waals surface area contributed by atoms with Gasteiger partial charge in [-0.15, -0.1) is 11.3 Å². The van der Waals surface area contributed by atoms with Crippen molar-refractivity contribution in [2.24, 2.45) is 0 Å². The molecule has 0 spiro atoms. The van der Waals surface area contributed by atoms with E-state index in [9.17, 15) is 22.8 Å². The first-order chi connectivity index (χ1) is 22.6. The molecular formula is C36H39ClF3N3O4S. The Morgan fingerprint density at radius 1 is 0.938 bits per heavy atom. The topological polar surface area (TPSA) is 71.1 Å². The Balaban J connectivity index is 1.44. The molecular weight excluding hydrogens is 663 g/mol. The molecule has 1 aliphatic rings. The van der Waals surface area contributed by atoms with Gasteiger partial charge >= 0.3 is 12.4 Å². The van der Waals surface area contributed by atoms with Gasteiger partial charge in [0.1, 0.15) is 16.2 Å². The lowest BCUT2D eigenvalue weighted by Gasteiger charge is -2.40. The summed E-state index contributed by atoms with van der Waals surface area (Å²) in [7, 11) is 3.31. The van der Waals surface area contributed by atoms with Crippen molar-refractivity contribution in [3.05, 3.63) is 82.2 Å².